The predicted octanol–water partition coefficient (Wildman–Crippen LogP) is 1.37. The molecule has 1 aromatic carbocycles. The van der Waals surface area contributed by atoms with E-state index in [1.807, 2.05) is 13.0 Å². The Hall–Kier alpha value is -1.06. The molecule has 3 nitrogen and oxygen atoms in total. The number of rotatable bonds is 4. The fraction of sp³-hybridized carbons (Fsp3) is 0.500. The lowest BCUT2D eigenvalue weighted by Gasteiger charge is -2.14. The van der Waals surface area contributed by atoms with Crippen molar-refractivity contribution in [2.24, 2.45) is 0 Å². The molecule has 2 atom stereocenters. The second kappa shape index (κ2) is 5.14. The topological polar surface area (TPSA) is 60.7 Å². The molecule has 0 saturated heterocycles. The third kappa shape index (κ3) is 3.22. The standard InChI is InChI=1S/C12H18O3/c1-8-4-3-5-12(15)10(8)6-7-11(14)9(2)13/h3-5,9,11,13-15H,6-7H2,1-2H3. The van der Waals surface area contributed by atoms with Crippen LogP contribution in [0.1, 0.15) is 24.5 Å². The number of aryl methyl sites for hydroxylation is 1. The first-order valence-electron chi connectivity index (χ1n) is 5.16. The third-order valence-electron chi connectivity index (χ3n) is 2.63. The number of aliphatic hydroxyl groups excluding tert-OH is 2. The molecule has 0 aliphatic heterocycles. The Balaban J connectivity index is 2.65. The van der Waals surface area contributed by atoms with Gasteiger partial charge in [-0.25, -0.2) is 0 Å². The fourth-order valence-electron chi connectivity index (χ4n) is 1.55. The molecule has 1 aromatic rings. The van der Waals surface area contributed by atoms with E-state index in [9.17, 15) is 10.2 Å². The molecular formula is C12H18O3. The molecule has 0 spiro atoms. The van der Waals surface area contributed by atoms with Crippen molar-refractivity contribution in [2.75, 3.05) is 0 Å². The monoisotopic (exact) mass is 210 g/mol. The fourth-order valence-corrected chi connectivity index (χ4v) is 1.55. The summed E-state index contributed by atoms with van der Waals surface area (Å²) in [6.07, 6.45) is -0.430. The van der Waals surface area contributed by atoms with Crippen LogP contribution in [-0.2, 0) is 6.42 Å². The van der Waals surface area contributed by atoms with Crippen molar-refractivity contribution in [3.8, 4) is 5.75 Å². The van der Waals surface area contributed by atoms with Gasteiger partial charge in [-0.3, -0.25) is 0 Å². The lowest BCUT2D eigenvalue weighted by atomic mass is 9.99. The van der Waals surface area contributed by atoms with Crippen LogP contribution in [0.2, 0.25) is 0 Å². The summed E-state index contributed by atoms with van der Waals surface area (Å²) >= 11 is 0. The van der Waals surface area contributed by atoms with Crippen LogP contribution in [0.4, 0.5) is 0 Å². The Morgan fingerprint density at radius 1 is 1.27 bits per heavy atom. The first-order valence-corrected chi connectivity index (χ1v) is 5.16. The maximum atomic E-state index is 9.60. The van der Waals surface area contributed by atoms with Gasteiger partial charge >= 0.3 is 0 Å². The summed E-state index contributed by atoms with van der Waals surface area (Å²) in [6.45, 7) is 3.48. The van der Waals surface area contributed by atoms with Crippen molar-refractivity contribution in [3.05, 3.63) is 29.3 Å². The molecule has 0 aliphatic carbocycles. The summed E-state index contributed by atoms with van der Waals surface area (Å²) in [5.41, 5.74) is 1.85. The maximum Gasteiger partial charge on any atom is 0.119 e. The molecular weight excluding hydrogens is 192 g/mol. The van der Waals surface area contributed by atoms with E-state index in [0.717, 1.165) is 11.1 Å². The predicted molar refractivity (Wildman–Crippen MR) is 58.9 cm³/mol. The number of benzene rings is 1. The quantitative estimate of drug-likeness (QED) is 0.703. The van der Waals surface area contributed by atoms with Crippen LogP contribution in [0.25, 0.3) is 0 Å². The minimum absolute atomic E-state index is 0.257. The van der Waals surface area contributed by atoms with Crippen molar-refractivity contribution in [2.45, 2.75) is 38.9 Å². The summed E-state index contributed by atoms with van der Waals surface area (Å²) in [5.74, 6) is 0.257. The van der Waals surface area contributed by atoms with E-state index in [-0.39, 0.29) is 5.75 Å². The van der Waals surface area contributed by atoms with Crippen molar-refractivity contribution in [1.29, 1.82) is 0 Å². The zero-order valence-corrected chi connectivity index (χ0v) is 9.14. The summed E-state index contributed by atoms with van der Waals surface area (Å²) in [4.78, 5) is 0. The molecule has 1 rings (SSSR count). The van der Waals surface area contributed by atoms with Crippen LogP contribution >= 0.6 is 0 Å². The van der Waals surface area contributed by atoms with Crippen molar-refractivity contribution < 1.29 is 15.3 Å². The van der Waals surface area contributed by atoms with Gasteiger partial charge in [0.05, 0.1) is 12.2 Å². The zero-order chi connectivity index (χ0) is 11.4. The van der Waals surface area contributed by atoms with Crippen LogP contribution in [0.3, 0.4) is 0 Å². The van der Waals surface area contributed by atoms with E-state index in [1.165, 1.54) is 0 Å². The molecule has 84 valence electrons. The Morgan fingerprint density at radius 3 is 2.47 bits per heavy atom. The SMILES string of the molecule is Cc1cccc(O)c1CCC(O)C(C)O. The average Bonchev–Trinajstić information content (AvgIpc) is 2.16. The van der Waals surface area contributed by atoms with E-state index in [1.54, 1.807) is 19.1 Å². The van der Waals surface area contributed by atoms with Gasteiger partial charge in [-0.1, -0.05) is 12.1 Å². The van der Waals surface area contributed by atoms with Gasteiger partial charge in [-0.15, -0.1) is 0 Å². The minimum Gasteiger partial charge on any atom is -0.508 e. The van der Waals surface area contributed by atoms with Crippen LogP contribution in [0.5, 0.6) is 5.75 Å². The molecule has 0 saturated carbocycles. The highest BCUT2D eigenvalue weighted by molar-refractivity contribution is 5.38. The van der Waals surface area contributed by atoms with Crippen LogP contribution < -0.4 is 0 Å². The van der Waals surface area contributed by atoms with E-state index < -0.39 is 12.2 Å². The van der Waals surface area contributed by atoms with Gasteiger partial charge in [0.2, 0.25) is 0 Å². The molecule has 2 unspecified atom stereocenters. The van der Waals surface area contributed by atoms with Crippen molar-refractivity contribution in [3.63, 3.8) is 0 Å². The Labute approximate surface area is 90.0 Å². The summed E-state index contributed by atoms with van der Waals surface area (Å²) in [7, 11) is 0. The molecule has 0 aromatic heterocycles. The molecule has 0 amide bonds. The van der Waals surface area contributed by atoms with Crippen LogP contribution in [0, 0.1) is 6.92 Å². The van der Waals surface area contributed by atoms with Gasteiger partial charge in [0.15, 0.2) is 0 Å². The van der Waals surface area contributed by atoms with Crippen molar-refractivity contribution >= 4 is 0 Å². The highest BCUT2D eigenvalue weighted by Gasteiger charge is 2.12. The third-order valence-corrected chi connectivity index (χ3v) is 2.63. The molecule has 0 fully saturated rings. The molecule has 3 heteroatoms. The van der Waals surface area contributed by atoms with Gasteiger partial charge in [0, 0.05) is 0 Å². The zero-order valence-electron chi connectivity index (χ0n) is 9.14. The highest BCUT2D eigenvalue weighted by Crippen LogP contribution is 2.22. The van der Waals surface area contributed by atoms with Gasteiger partial charge in [-0.05, 0) is 43.9 Å². The second-order valence-electron chi connectivity index (χ2n) is 3.92. The number of hydrogen-bond acceptors (Lipinski definition) is 3. The van der Waals surface area contributed by atoms with E-state index >= 15 is 0 Å². The maximum absolute atomic E-state index is 9.60. The first-order chi connectivity index (χ1) is 7.02. The number of aliphatic hydroxyl groups is 2. The molecule has 0 heterocycles. The van der Waals surface area contributed by atoms with Crippen LogP contribution in [0.15, 0.2) is 18.2 Å². The largest absolute Gasteiger partial charge is 0.508 e. The smallest absolute Gasteiger partial charge is 0.119 e. The number of phenols is 1. The molecule has 0 bridgehead atoms. The highest BCUT2D eigenvalue weighted by atomic mass is 16.3. The Morgan fingerprint density at radius 2 is 1.93 bits per heavy atom. The van der Waals surface area contributed by atoms with E-state index in [2.05, 4.69) is 0 Å². The van der Waals surface area contributed by atoms with E-state index in [0.29, 0.717) is 12.8 Å². The van der Waals surface area contributed by atoms with Crippen LogP contribution in [-0.4, -0.2) is 27.5 Å². The minimum atomic E-state index is -0.732. The number of hydrogen-bond donors (Lipinski definition) is 3. The number of phenolic OH excluding ortho intramolecular Hbond substituents is 1. The molecule has 15 heavy (non-hydrogen) atoms. The Kier molecular flexibility index (Phi) is 4.12. The summed E-state index contributed by atoms with van der Waals surface area (Å²) in [5, 5.41) is 28.2. The number of aromatic hydroxyl groups is 1. The molecule has 3 N–H and O–H groups in total. The first kappa shape index (κ1) is 12.0. The van der Waals surface area contributed by atoms with E-state index in [4.69, 9.17) is 5.11 Å². The van der Waals surface area contributed by atoms with Crippen molar-refractivity contribution in [1.82, 2.24) is 0 Å². The average molecular weight is 210 g/mol. The summed E-state index contributed by atoms with van der Waals surface area (Å²) < 4.78 is 0. The summed E-state index contributed by atoms with van der Waals surface area (Å²) in [6, 6.07) is 5.35. The second-order valence-corrected chi connectivity index (χ2v) is 3.92. The van der Waals surface area contributed by atoms with Gasteiger partial charge < -0.3 is 15.3 Å². The normalized spacial score (nSPS) is 14.9. The van der Waals surface area contributed by atoms with Gasteiger partial charge in [0.25, 0.3) is 0 Å². The van der Waals surface area contributed by atoms with Gasteiger partial charge in [-0.2, -0.15) is 0 Å². The molecule has 0 radical (unpaired) electrons. The lowest BCUT2D eigenvalue weighted by molar-refractivity contribution is 0.0264. The lowest BCUT2D eigenvalue weighted by Crippen LogP contribution is -2.22. The van der Waals surface area contributed by atoms with Gasteiger partial charge in [0.1, 0.15) is 5.75 Å². The molecule has 0 aliphatic rings. The Bertz CT molecular complexity index is 300.